The Bertz CT molecular complexity index is 419. The van der Waals surface area contributed by atoms with Crippen LogP contribution in [0.5, 0.6) is 0 Å². The number of rotatable bonds is 6. The maximum Gasteiger partial charge on any atom is 0.185 e. The van der Waals surface area contributed by atoms with Gasteiger partial charge < -0.3 is 10.2 Å². The zero-order chi connectivity index (χ0) is 15.5. The fraction of sp³-hybridized carbons (Fsp3) is 0.824. The van der Waals surface area contributed by atoms with Gasteiger partial charge in [0.2, 0.25) is 0 Å². The van der Waals surface area contributed by atoms with E-state index < -0.39 is 0 Å². The molecule has 0 amide bonds. The van der Waals surface area contributed by atoms with Gasteiger partial charge in [-0.1, -0.05) is 27.2 Å². The van der Waals surface area contributed by atoms with E-state index in [4.69, 9.17) is 4.98 Å². The van der Waals surface area contributed by atoms with Gasteiger partial charge in [-0.3, -0.25) is 0 Å². The molecular formula is C17H31N3S. The van der Waals surface area contributed by atoms with Crippen LogP contribution in [-0.4, -0.2) is 25.1 Å². The topological polar surface area (TPSA) is 28.2 Å². The average molecular weight is 310 g/mol. The molecule has 0 aliphatic heterocycles. The predicted octanol–water partition coefficient (Wildman–Crippen LogP) is 4.22. The van der Waals surface area contributed by atoms with Gasteiger partial charge in [-0.25, -0.2) is 4.98 Å². The largest absolute Gasteiger partial charge is 0.348 e. The summed E-state index contributed by atoms with van der Waals surface area (Å²) in [6, 6.07) is 0.668. The highest BCUT2D eigenvalue weighted by atomic mass is 32.1. The van der Waals surface area contributed by atoms with E-state index in [1.807, 2.05) is 18.4 Å². The van der Waals surface area contributed by atoms with Gasteiger partial charge in [-0.2, -0.15) is 0 Å². The third-order valence-corrected chi connectivity index (χ3v) is 5.94. The SMILES string of the molecule is CCCc1nc(N(C)C2CCC(C)(C)CC2)sc1CNC. The van der Waals surface area contributed by atoms with Crippen molar-refractivity contribution in [2.45, 2.75) is 71.9 Å². The Kier molecular flexibility index (Phi) is 5.67. The van der Waals surface area contributed by atoms with Crippen LogP contribution in [0.2, 0.25) is 0 Å². The van der Waals surface area contributed by atoms with Gasteiger partial charge in [0.25, 0.3) is 0 Å². The quantitative estimate of drug-likeness (QED) is 0.853. The lowest BCUT2D eigenvalue weighted by atomic mass is 9.75. The lowest BCUT2D eigenvalue weighted by molar-refractivity contribution is 0.222. The maximum atomic E-state index is 4.93. The van der Waals surface area contributed by atoms with Crippen molar-refractivity contribution >= 4 is 16.5 Å². The van der Waals surface area contributed by atoms with Gasteiger partial charge in [0, 0.05) is 24.5 Å². The minimum Gasteiger partial charge on any atom is -0.348 e. The Balaban J connectivity index is 2.08. The first kappa shape index (κ1) is 16.8. The molecule has 2 rings (SSSR count). The number of aromatic nitrogens is 1. The minimum absolute atomic E-state index is 0.533. The van der Waals surface area contributed by atoms with Crippen molar-refractivity contribution in [3.05, 3.63) is 10.6 Å². The molecule has 0 radical (unpaired) electrons. The Hall–Kier alpha value is -0.610. The van der Waals surface area contributed by atoms with Crippen LogP contribution >= 0.6 is 11.3 Å². The van der Waals surface area contributed by atoms with E-state index in [0.29, 0.717) is 11.5 Å². The van der Waals surface area contributed by atoms with Crippen molar-refractivity contribution in [1.82, 2.24) is 10.3 Å². The van der Waals surface area contributed by atoms with Gasteiger partial charge in [0.1, 0.15) is 0 Å². The Labute approximate surface area is 134 Å². The molecule has 1 aliphatic carbocycles. The third-order valence-electron chi connectivity index (χ3n) is 4.75. The Morgan fingerprint density at radius 1 is 1.33 bits per heavy atom. The molecule has 3 nitrogen and oxygen atoms in total. The standard InChI is InChI=1S/C17H31N3S/c1-6-7-14-15(12-18-4)21-16(19-14)20(5)13-8-10-17(2,3)11-9-13/h13,18H,6-12H2,1-5H3. The van der Waals surface area contributed by atoms with Gasteiger partial charge in [0.15, 0.2) is 5.13 Å². The first-order valence-electron chi connectivity index (χ1n) is 8.33. The number of anilines is 1. The molecule has 1 saturated carbocycles. The summed E-state index contributed by atoms with van der Waals surface area (Å²) in [6.07, 6.45) is 7.53. The van der Waals surface area contributed by atoms with E-state index in [1.54, 1.807) is 0 Å². The first-order chi connectivity index (χ1) is 9.96. The zero-order valence-corrected chi connectivity index (χ0v) is 15.1. The van der Waals surface area contributed by atoms with Crippen LogP contribution in [0.1, 0.15) is 63.4 Å². The van der Waals surface area contributed by atoms with E-state index in [0.717, 1.165) is 13.0 Å². The molecule has 1 fully saturated rings. The summed E-state index contributed by atoms with van der Waals surface area (Å²) in [4.78, 5) is 8.79. The van der Waals surface area contributed by atoms with Crippen LogP contribution in [0.25, 0.3) is 0 Å². The van der Waals surface area contributed by atoms with Crippen LogP contribution in [0, 0.1) is 5.41 Å². The summed E-state index contributed by atoms with van der Waals surface area (Å²) < 4.78 is 0. The maximum absolute atomic E-state index is 4.93. The lowest BCUT2D eigenvalue weighted by Gasteiger charge is -2.38. The fourth-order valence-corrected chi connectivity index (χ4v) is 4.33. The monoisotopic (exact) mass is 309 g/mol. The van der Waals surface area contributed by atoms with Crippen molar-refractivity contribution in [3.63, 3.8) is 0 Å². The van der Waals surface area contributed by atoms with Crippen LogP contribution in [0.4, 0.5) is 5.13 Å². The number of aryl methyl sites for hydroxylation is 1. The van der Waals surface area contributed by atoms with Crippen molar-refractivity contribution in [2.24, 2.45) is 5.41 Å². The van der Waals surface area contributed by atoms with Gasteiger partial charge in [0.05, 0.1) is 5.69 Å². The van der Waals surface area contributed by atoms with Crippen molar-refractivity contribution < 1.29 is 0 Å². The molecule has 1 aromatic heterocycles. The lowest BCUT2D eigenvalue weighted by Crippen LogP contribution is -2.37. The molecule has 1 aromatic rings. The predicted molar refractivity (Wildman–Crippen MR) is 93.3 cm³/mol. The normalized spacial score (nSPS) is 18.9. The molecule has 4 heteroatoms. The zero-order valence-electron chi connectivity index (χ0n) is 14.3. The highest BCUT2D eigenvalue weighted by Crippen LogP contribution is 2.38. The second-order valence-electron chi connectivity index (χ2n) is 7.15. The molecule has 1 N–H and O–H groups in total. The van der Waals surface area contributed by atoms with Crippen LogP contribution in [0.15, 0.2) is 0 Å². The van der Waals surface area contributed by atoms with Crippen LogP contribution in [-0.2, 0) is 13.0 Å². The van der Waals surface area contributed by atoms with Gasteiger partial charge >= 0.3 is 0 Å². The third kappa shape index (κ3) is 4.19. The smallest absolute Gasteiger partial charge is 0.185 e. The van der Waals surface area contributed by atoms with Crippen LogP contribution in [0.3, 0.4) is 0 Å². The second kappa shape index (κ2) is 7.10. The van der Waals surface area contributed by atoms with Crippen molar-refractivity contribution in [3.8, 4) is 0 Å². The number of thiazole rings is 1. The minimum atomic E-state index is 0.533. The molecule has 0 atom stereocenters. The van der Waals surface area contributed by atoms with Crippen molar-refractivity contribution in [1.29, 1.82) is 0 Å². The summed E-state index contributed by atoms with van der Waals surface area (Å²) >= 11 is 1.88. The Morgan fingerprint density at radius 2 is 2.00 bits per heavy atom. The summed E-state index contributed by atoms with van der Waals surface area (Å²) in [5, 5.41) is 4.49. The molecular weight excluding hydrogens is 278 g/mol. The molecule has 1 heterocycles. The van der Waals surface area contributed by atoms with Gasteiger partial charge in [-0.05, 0) is 44.6 Å². The highest BCUT2D eigenvalue weighted by Gasteiger charge is 2.30. The Morgan fingerprint density at radius 3 is 2.57 bits per heavy atom. The number of hydrogen-bond acceptors (Lipinski definition) is 4. The molecule has 120 valence electrons. The molecule has 21 heavy (non-hydrogen) atoms. The van der Waals surface area contributed by atoms with E-state index in [-0.39, 0.29) is 0 Å². The van der Waals surface area contributed by atoms with E-state index in [2.05, 4.69) is 38.0 Å². The summed E-state index contributed by atoms with van der Waals surface area (Å²) in [5.74, 6) is 0. The molecule has 1 aliphatic rings. The number of hydrogen-bond donors (Lipinski definition) is 1. The van der Waals surface area contributed by atoms with Crippen LogP contribution < -0.4 is 10.2 Å². The second-order valence-corrected chi connectivity index (χ2v) is 8.22. The number of nitrogens with zero attached hydrogens (tertiary/aromatic N) is 2. The molecule has 0 spiro atoms. The van der Waals surface area contributed by atoms with Crippen molar-refractivity contribution in [2.75, 3.05) is 19.0 Å². The summed E-state index contributed by atoms with van der Waals surface area (Å²) in [6.45, 7) is 7.97. The van der Waals surface area contributed by atoms with E-state index in [1.165, 1.54) is 47.8 Å². The first-order valence-corrected chi connectivity index (χ1v) is 9.14. The summed E-state index contributed by atoms with van der Waals surface area (Å²) in [5.41, 5.74) is 1.83. The molecule has 0 bridgehead atoms. The number of nitrogens with one attached hydrogen (secondary N) is 1. The molecule has 0 saturated heterocycles. The highest BCUT2D eigenvalue weighted by molar-refractivity contribution is 7.15. The molecule has 0 unspecified atom stereocenters. The van der Waals surface area contributed by atoms with E-state index >= 15 is 0 Å². The average Bonchev–Trinajstić information content (AvgIpc) is 2.82. The fourth-order valence-electron chi connectivity index (χ4n) is 3.18. The van der Waals surface area contributed by atoms with E-state index in [9.17, 15) is 0 Å². The van der Waals surface area contributed by atoms with Gasteiger partial charge in [-0.15, -0.1) is 11.3 Å². The summed E-state index contributed by atoms with van der Waals surface area (Å²) in [7, 11) is 4.25. The molecule has 0 aromatic carbocycles.